The fourth-order valence-electron chi connectivity index (χ4n) is 2.25. The van der Waals surface area contributed by atoms with Gasteiger partial charge in [0.1, 0.15) is 0 Å². The second kappa shape index (κ2) is 7.81. The molecule has 3 nitrogen and oxygen atoms in total. The van der Waals surface area contributed by atoms with Gasteiger partial charge in [0.05, 0.1) is 16.3 Å². The highest BCUT2D eigenvalue weighted by molar-refractivity contribution is 7.80. The first kappa shape index (κ1) is 15.5. The highest BCUT2D eigenvalue weighted by Gasteiger charge is 2.13. The number of thiocarbonyl (C=S) groups is 1. The molecule has 0 bridgehead atoms. The van der Waals surface area contributed by atoms with Crippen molar-refractivity contribution < 1.29 is 0 Å². The van der Waals surface area contributed by atoms with Crippen molar-refractivity contribution in [3.05, 3.63) is 33.8 Å². The van der Waals surface area contributed by atoms with Crippen molar-refractivity contribution in [1.82, 2.24) is 10.7 Å². The van der Waals surface area contributed by atoms with E-state index in [1.54, 1.807) is 12.3 Å². The largest absolute Gasteiger partial charge is 0.359 e. The second-order valence-electron chi connectivity index (χ2n) is 4.82. The number of nitrogens with one attached hydrogen (secondary N) is 2. The molecule has 0 saturated heterocycles. The molecule has 20 heavy (non-hydrogen) atoms. The highest BCUT2D eigenvalue weighted by Crippen LogP contribution is 2.24. The van der Waals surface area contributed by atoms with E-state index in [0.717, 1.165) is 5.56 Å². The lowest BCUT2D eigenvalue weighted by molar-refractivity contribution is 0.412. The van der Waals surface area contributed by atoms with Crippen LogP contribution in [0.1, 0.15) is 37.7 Å². The van der Waals surface area contributed by atoms with Crippen LogP contribution >= 0.6 is 35.4 Å². The predicted molar refractivity (Wildman–Crippen MR) is 89.8 cm³/mol. The standard InChI is InChI=1S/C14H17Cl2N3S/c15-12-8-4-5-10(13(12)16)9-17-19-14(20)18-11-6-2-1-3-7-11/h4-5,8-9,11H,1-3,6-7H2,(H2,18,19,20)/b17-9-. The SMILES string of the molecule is S=C(N/N=C\c1cccc(Cl)c1Cl)NC1CCCCC1. The smallest absolute Gasteiger partial charge is 0.187 e. The van der Waals surface area contributed by atoms with Gasteiger partial charge < -0.3 is 5.32 Å². The van der Waals surface area contributed by atoms with Gasteiger partial charge in [-0.1, -0.05) is 54.6 Å². The van der Waals surface area contributed by atoms with Crippen molar-refractivity contribution >= 4 is 46.7 Å². The lowest BCUT2D eigenvalue weighted by atomic mass is 9.96. The van der Waals surface area contributed by atoms with Crippen molar-refractivity contribution in [3.8, 4) is 0 Å². The molecule has 1 aliphatic carbocycles. The summed E-state index contributed by atoms with van der Waals surface area (Å²) < 4.78 is 0. The Bertz CT molecular complexity index is 499. The normalized spacial score (nSPS) is 16.3. The third-order valence-corrected chi connectivity index (χ3v) is 4.33. The first-order valence-electron chi connectivity index (χ1n) is 6.70. The van der Waals surface area contributed by atoms with Crippen molar-refractivity contribution in [2.45, 2.75) is 38.1 Å². The zero-order chi connectivity index (χ0) is 14.4. The lowest BCUT2D eigenvalue weighted by Crippen LogP contribution is -2.40. The van der Waals surface area contributed by atoms with Crippen molar-refractivity contribution in [3.63, 3.8) is 0 Å². The van der Waals surface area contributed by atoms with Crippen LogP contribution in [0, 0.1) is 0 Å². The number of halogens is 2. The minimum atomic E-state index is 0.466. The van der Waals surface area contributed by atoms with E-state index in [-0.39, 0.29) is 0 Å². The molecule has 0 amide bonds. The summed E-state index contributed by atoms with van der Waals surface area (Å²) in [6.07, 6.45) is 7.81. The molecule has 6 heteroatoms. The molecule has 0 spiro atoms. The van der Waals surface area contributed by atoms with Gasteiger partial charge in [-0.15, -0.1) is 0 Å². The Morgan fingerprint density at radius 1 is 1.25 bits per heavy atom. The average molecular weight is 330 g/mol. The fraction of sp³-hybridized carbons (Fsp3) is 0.429. The monoisotopic (exact) mass is 329 g/mol. The van der Waals surface area contributed by atoms with Crippen molar-refractivity contribution in [2.75, 3.05) is 0 Å². The van der Waals surface area contributed by atoms with Gasteiger partial charge in [-0.3, -0.25) is 5.43 Å². The second-order valence-corrected chi connectivity index (χ2v) is 6.01. The van der Waals surface area contributed by atoms with Crippen molar-refractivity contribution in [1.29, 1.82) is 0 Å². The maximum Gasteiger partial charge on any atom is 0.187 e. The number of nitrogens with zero attached hydrogens (tertiary/aromatic N) is 1. The van der Waals surface area contributed by atoms with Crippen LogP contribution in [0.5, 0.6) is 0 Å². The summed E-state index contributed by atoms with van der Waals surface area (Å²) in [4.78, 5) is 0. The first-order chi connectivity index (χ1) is 9.66. The molecule has 0 heterocycles. The maximum atomic E-state index is 6.06. The highest BCUT2D eigenvalue weighted by atomic mass is 35.5. The van der Waals surface area contributed by atoms with E-state index in [1.807, 2.05) is 12.1 Å². The Morgan fingerprint density at radius 2 is 2.00 bits per heavy atom. The Hall–Kier alpha value is -0.840. The van der Waals surface area contributed by atoms with Crippen LogP contribution in [0.4, 0.5) is 0 Å². The number of rotatable bonds is 3. The molecular formula is C14H17Cl2N3S. The van der Waals surface area contributed by atoms with E-state index < -0.39 is 0 Å². The molecule has 0 atom stereocenters. The third-order valence-electron chi connectivity index (χ3n) is 3.29. The average Bonchev–Trinajstić information content (AvgIpc) is 2.44. The molecular weight excluding hydrogens is 313 g/mol. The third kappa shape index (κ3) is 4.62. The van der Waals surface area contributed by atoms with Gasteiger partial charge in [-0.2, -0.15) is 5.10 Å². The number of benzene rings is 1. The number of hydrogen-bond acceptors (Lipinski definition) is 2. The Labute approximate surface area is 134 Å². The summed E-state index contributed by atoms with van der Waals surface area (Å²) in [5.41, 5.74) is 3.57. The van der Waals surface area contributed by atoms with Gasteiger partial charge in [0, 0.05) is 11.6 Å². The maximum absolute atomic E-state index is 6.06. The predicted octanol–water partition coefficient (Wildman–Crippen LogP) is 4.12. The van der Waals surface area contributed by atoms with E-state index in [0.29, 0.717) is 21.2 Å². The summed E-state index contributed by atoms with van der Waals surface area (Å²) in [5, 5.41) is 8.92. The van der Waals surface area contributed by atoms with Crippen LogP contribution < -0.4 is 10.7 Å². The molecule has 0 unspecified atom stereocenters. The minimum absolute atomic E-state index is 0.466. The molecule has 1 aromatic rings. The summed E-state index contributed by atoms with van der Waals surface area (Å²) in [6.45, 7) is 0. The van der Waals surface area contributed by atoms with Gasteiger partial charge in [-0.25, -0.2) is 0 Å². The van der Waals surface area contributed by atoms with Crippen LogP contribution in [0.15, 0.2) is 23.3 Å². The van der Waals surface area contributed by atoms with Crippen LogP contribution in [0.2, 0.25) is 10.0 Å². The zero-order valence-corrected chi connectivity index (χ0v) is 13.4. The number of hydrogen-bond donors (Lipinski definition) is 2. The van der Waals surface area contributed by atoms with Crippen LogP contribution in [-0.4, -0.2) is 17.4 Å². The van der Waals surface area contributed by atoms with E-state index >= 15 is 0 Å². The molecule has 0 radical (unpaired) electrons. The Kier molecular flexibility index (Phi) is 6.07. The van der Waals surface area contributed by atoms with Crippen molar-refractivity contribution in [2.24, 2.45) is 5.10 Å². The molecule has 0 aliphatic heterocycles. The molecule has 1 fully saturated rings. The molecule has 2 N–H and O–H groups in total. The molecule has 108 valence electrons. The summed E-state index contributed by atoms with van der Waals surface area (Å²) in [6, 6.07) is 5.88. The van der Waals surface area contributed by atoms with Crippen LogP contribution in [0.25, 0.3) is 0 Å². The molecule has 1 aliphatic rings. The van der Waals surface area contributed by atoms with Crippen LogP contribution in [0.3, 0.4) is 0 Å². The Morgan fingerprint density at radius 3 is 2.75 bits per heavy atom. The Balaban J connectivity index is 1.83. The number of hydrazone groups is 1. The molecule has 1 saturated carbocycles. The van der Waals surface area contributed by atoms with Gasteiger partial charge >= 0.3 is 0 Å². The quantitative estimate of drug-likeness (QED) is 0.497. The molecule has 0 aromatic heterocycles. The molecule has 2 rings (SSSR count). The first-order valence-corrected chi connectivity index (χ1v) is 7.87. The topological polar surface area (TPSA) is 36.4 Å². The van der Waals surface area contributed by atoms with Gasteiger partial charge in [0.25, 0.3) is 0 Å². The van der Waals surface area contributed by atoms with E-state index in [9.17, 15) is 0 Å². The zero-order valence-electron chi connectivity index (χ0n) is 11.0. The van der Waals surface area contributed by atoms with Gasteiger partial charge in [0.2, 0.25) is 0 Å². The van der Waals surface area contributed by atoms with Crippen LogP contribution in [-0.2, 0) is 0 Å². The van der Waals surface area contributed by atoms with Gasteiger partial charge in [-0.05, 0) is 31.1 Å². The summed E-state index contributed by atoms with van der Waals surface area (Å²) in [5.74, 6) is 0. The lowest BCUT2D eigenvalue weighted by Gasteiger charge is -2.23. The fourth-order valence-corrected chi connectivity index (χ4v) is 2.82. The van der Waals surface area contributed by atoms with Gasteiger partial charge in [0.15, 0.2) is 5.11 Å². The summed E-state index contributed by atoms with van der Waals surface area (Å²) in [7, 11) is 0. The summed E-state index contributed by atoms with van der Waals surface area (Å²) >= 11 is 17.2. The van der Waals surface area contributed by atoms with E-state index in [2.05, 4.69) is 15.8 Å². The minimum Gasteiger partial charge on any atom is -0.359 e. The molecule has 1 aromatic carbocycles. The van der Waals surface area contributed by atoms with E-state index in [4.69, 9.17) is 35.4 Å². The van der Waals surface area contributed by atoms with E-state index in [1.165, 1.54) is 32.1 Å².